The second kappa shape index (κ2) is 5.29. The van der Waals surface area contributed by atoms with Gasteiger partial charge in [-0.25, -0.2) is 8.42 Å². The first-order chi connectivity index (χ1) is 7.78. The summed E-state index contributed by atoms with van der Waals surface area (Å²) in [5, 5.41) is 8.65. The van der Waals surface area contributed by atoms with Crippen molar-refractivity contribution in [3.05, 3.63) is 35.4 Å². The number of nitrogens with two attached hydrogens (primary N) is 1. The summed E-state index contributed by atoms with van der Waals surface area (Å²) >= 11 is 0. The lowest BCUT2D eigenvalue weighted by molar-refractivity contribution is -0.138. The topological polar surface area (TPSA) is 97.5 Å². The molecule has 6 heteroatoms. The highest BCUT2D eigenvalue weighted by Crippen LogP contribution is 2.09. The van der Waals surface area contributed by atoms with Crippen LogP contribution in [0.25, 0.3) is 0 Å². The number of hydrogen-bond acceptors (Lipinski definition) is 4. The standard InChI is InChI=1S/C11H15NO4S/c1-17(15,16)7-9-4-2-8(3-5-9)6-10(12)11(13)14/h2-5,10H,6-7,12H2,1H3,(H,13,14). The monoisotopic (exact) mass is 257 g/mol. The quantitative estimate of drug-likeness (QED) is 0.784. The van der Waals surface area contributed by atoms with Gasteiger partial charge in [0.1, 0.15) is 6.04 Å². The molecule has 0 saturated carbocycles. The van der Waals surface area contributed by atoms with Crippen molar-refractivity contribution in [2.45, 2.75) is 18.2 Å². The molecule has 3 N–H and O–H groups in total. The minimum Gasteiger partial charge on any atom is -0.480 e. The van der Waals surface area contributed by atoms with Crippen molar-refractivity contribution < 1.29 is 18.3 Å². The Morgan fingerprint density at radius 3 is 2.18 bits per heavy atom. The van der Waals surface area contributed by atoms with Gasteiger partial charge < -0.3 is 10.8 Å². The predicted molar refractivity (Wildman–Crippen MR) is 64.3 cm³/mol. The van der Waals surface area contributed by atoms with E-state index in [1.807, 2.05) is 0 Å². The zero-order chi connectivity index (χ0) is 13.1. The van der Waals surface area contributed by atoms with Gasteiger partial charge in [0.2, 0.25) is 0 Å². The van der Waals surface area contributed by atoms with Crippen LogP contribution in [-0.4, -0.2) is 31.8 Å². The van der Waals surface area contributed by atoms with Crippen LogP contribution < -0.4 is 5.73 Å². The second-order valence-electron chi connectivity index (χ2n) is 4.04. The lowest BCUT2D eigenvalue weighted by Crippen LogP contribution is -2.32. The SMILES string of the molecule is CS(=O)(=O)Cc1ccc(CC(N)C(=O)O)cc1. The van der Waals surface area contributed by atoms with E-state index < -0.39 is 21.8 Å². The lowest BCUT2D eigenvalue weighted by atomic mass is 10.1. The zero-order valence-corrected chi connectivity index (χ0v) is 10.3. The summed E-state index contributed by atoms with van der Waals surface area (Å²) < 4.78 is 22.1. The van der Waals surface area contributed by atoms with Gasteiger partial charge in [0.25, 0.3) is 0 Å². The van der Waals surface area contributed by atoms with E-state index >= 15 is 0 Å². The largest absolute Gasteiger partial charge is 0.480 e. The number of hydrogen-bond donors (Lipinski definition) is 2. The van der Waals surface area contributed by atoms with E-state index in [0.29, 0.717) is 5.56 Å². The third kappa shape index (κ3) is 4.97. The van der Waals surface area contributed by atoms with Gasteiger partial charge >= 0.3 is 5.97 Å². The molecule has 0 spiro atoms. The van der Waals surface area contributed by atoms with Gasteiger partial charge in [-0.05, 0) is 17.5 Å². The highest BCUT2D eigenvalue weighted by molar-refractivity contribution is 7.89. The van der Waals surface area contributed by atoms with Gasteiger partial charge in [0.15, 0.2) is 9.84 Å². The fraction of sp³-hybridized carbons (Fsp3) is 0.364. The second-order valence-corrected chi connectivity index (χ2v) is 6.18. The smallest absolute Gasteiger partial charge is 0.320 e. The summed E-state index contributed by atoms with van der Waals surface area (Å²) in [6, 6.07) is 5.80. The normalized spacial score (nSPS) is 13.3. The van der Waals surface area contributed by atoms with E-state index in [4.69, 9.17) is 10.8 Å². The zero-order valence-electron chi connectivity index (χ0n) is 9.46. The Morgan fingerprint density at radius 1 is 1.29 bits per heavy atom. The van der Waals surface area contributed by atoms with Crippen LogP contribution >= 0.6 is 0 Å². The molecular weight excluding hydrogens is 242 g/mol. The molecule has 0 fully saturated rings. The maximum absolute atomic E-state index is 11.1. The molecule has 0 amide bonds. The Bertz CT molecular complexity index is 493. The molecule has 1 rings (SSSR count). The first-order valence-corrected chi connectivity index (χ1v) is 7.08. The molecule has 1 aromatic carbocycles. The number of carboxylic acids is 1. The fourth-order valence-corrected chi connectivity index (χ4v) is 2.21. The Morgan fingerprint density at radius 2 is 1.76 bits per heavy atom. The molecule has 94 valence electrons. The van der Waals surface area contributed by atoms with Crippen LogP contribution in [0.2, 0.25) is 0 Å². The molecule has 0 aliphatic carbocycles. The Balaban J connectivity index is 2.72. The van der Waals surface area contributed by atoms with E-state index in [1.165, 1.54) is 6.26 Å². The van der Waals surface area contributed by atoms with Crippen molar-refractivity contribution in [1.29, 1.82) is 0 Å². The summed E-state index contributed by atoms with van der Waals surface area (Å²) in [5.41, 5.74) is 6.85. The van der Waals surface area contributed by atoms with Crippen molar-refractivity contribution in [3.8, 4) is 0 Å². The molecule has 0 aliphatic rings. The van der Waals surface area contributed by atoms with Gasteiger partial charge in [-0.3, -0.25) is 4.79 Å². The molecule has 0 heterocycles. The van der Waals surface area contributed by atoms with Crippen molar-refractivity contribution in [2.75, 3.05) is 6.26 Å². The van der Waals surface area contributed by atoms with E-state index in [9.17, 15) is 13.2 Å². The predicted octanol–water partition coefficient (Wildman–Crippen LogP) is 0.186. The van der Waals surface area contributed by atoms with Gasteiger partial charge in [0.05, 0.1) is 5.75 Å². The van der Waals surface area contributed by atoms with Crippen molar-refractivity contribution in [2.24, 2.45) is 5.73 Å². The number of benzene rings is 1. The molecule has 0 aliphatic heterocycles. The fourth-order valence-electron chi connectivity index (χ4n) is 1.42. The van der Waals surface area contributed by atoms with Crippen LogP contribution in [0.15, 0.2) is 24.3 Å². The summed E-state index contributed by atoms with van der Waals surface area (Å²) in [4.78, 5) is 10.6. The maximum atomic E-state index is 11.1. The first-order valence-electron chi connectivity index (χ1n) is 5.02. The van der Waals surface area contributed by atoms with Gasteiger partial charge in [-0.15, -0.1) is 0 Å². The number of carbonyl (C=O) groups is 1. The summed E-state index contributed by atoms with van der Waals surface area (Å²) in [6.07, 6.45) is 1.40. The van der Waals surface area contributed by atoms with Crippen molar-refractivity contribution in [1.82, 2.24) is 0 Å². The Kier molecular flexibility index (Phi) is 4.25. The molecule has 0 bridgehead atoms. The minimum atomic E-state index is -3.05. The van der Waals surface area contributed by atoms with Crippen LogP contribution in [0.3, 0.4) is 0 Å². The molecule has 17 heavy (non-hydrogen) atoms. The number of sulfone groups is 1. The number of aliphatic carboxylic acids is 1. The first kappa shape index (κ1) is 13.7. The van der Waals surface area contributed by atoms with E-state index in [0.717, 1.165) is 5.56 Å². The highest BCUT2D eigenvalue weighted by atomic mass is 32.2. The lowest BCUT2D eigenvalue weighted by Gasteiger charge is -2.07. The third-order valence-electron chi connectivity index (χ3n) is 2.22. The minimum absolute atomic E-state index is 0.0156. The van der Waals surface area contributed by atoms with Crippen LogP contribution in [0.5, 0.6) is 0 Å². The summed E-state index contributed by atoms with van der Waals surface area (Å²) in [6.45, 7) is 0. The molecule has 5 nitrogen and oxygen atoms in total. The van der Waals surface area contributed by atoms with Crippen LogP contribution in [0.4, 0.5) is 0 Å². The van der Waals surface area contributed by atoms with Crippen LogP contribution in [0.1, 0.15) is 11.1 Å². The van der Waals surface area contributed by atoms with E-state index in [1.54, 1.807) is 24.3 Å². The highest BCUT2D eigenvalue weighted by Gasteiger charge is 2.12. The van der Waals surface area contributed by atoms with Gasteiger partial charge in [0, 0.05) is 6.26 Å². The maximum Gasteiger partial charge on any atom is 0.320 e. The molecule has 1 aromatic rings. The van der Waals surface area contributed by atoms with E-state index in [-0.39, 0.29) is 12.2 Å². The average molecular weight is 257 g/mol. The average Bonchev–Trinajstić information content (AvgIpc) is 2.18. The third-order valence-corrected chi connectivity index (χ3v) is 3.08. The Hall–Kier alpha value is -1.40. The van der Waals surface area contributed by atoms with E-state index in [2.05, 4.69) is 0 Å². The molecule has 0 saturated heterocycles. The molecule has 1 unspecified atom stereocenters. The van der Waals surface area contributed by atoms with Gasteiger partial charge in [-0.2, -0.15) is 0 Å². The number of carboxylic acid groups (broad SMARTS) is 1. The summed E-state index contributed by atoms with van der Waals surface area (Å²) in [5.74, 6) is -1.07. The van der Waals surface area contributed by atoms with Crippen LogP contribution in [0, 0.1) is 0 Å². The van der Waals surface area contributed by atoms with Crippen LogP contribution in [-0.2, 0) is 26.8 Å². The molecule has 1 atom stereocenters. The van der Waals surface area contributed by atoms with Crippen molar-refractivity contribution >= 4 is 15.8 Å². The molecule has 0 aromatic heterocycles. The molecular formula is C11H15NO4S. The Labute approximate surface area is 100 Å². The summed E-state index contributed by atoms with van der Waals surface area (Å²) in [7, 11) is -3.05. The number of rotatable bonds is 5. The van der Waals surface area contributed by atoms with Crippen molar-refractivity contribution in [3.63, 3.8) is 0 Å². The van der Waals surface area contributed by atoms with Gasteiger partial charge in [-0.1, -0.05) is 24.3 Å². The molecule has 0 radical (unpaired) electrons.